The second-order valence-electron chi connectivity index (χ2n) is 4.31. The Bertz CT molecular complexity index is 535. The van der Waals surface area contributed by atoms with Crippen molar-refractivity contribution < 1.29 is 23.4 Å². The van der Waals surface area contributed by atoms with E-state index in [1.165, 1.54) is 0 Å². The Morgan fingerprint density at radius 2 is 2.19 bits per heavy atom. The zero-order chi connectivity index (χ0) is 15.7. The predicted octanol–water partition coefficient (Wildman–Crippen LogP) is 1.95. The van der Waals surface area contributed by atoms with Crippen LogP contribution in [0.3, 0.4) is 0 Å². The van der Waals surface area contributed by atoms with Crippen LogP contribution < -0.4 is 5.32 Å². The van der Waals surface area contributed by atoms with E-state index in [4.69, 9.17) is 5.11 Å². The third-order valence-corrected chi connectivity index (χ3v) is 2.39. The van der Waals surface area contributed by atoms with Crippen LogP contribution in [0.4, 0.5) is 14.5 Å². The first-order valence-electron chi connectivity index (χ1n) is 6.38. The molecule has 0 radical (unpaired) electrons. The topological polar surface area (TPSA) is 58.6 Å². The molecule has 0 unspecified atom stereocenters. The molecule has 0 atom stereocenters. The maximum absolute atomic E-state index is 11.8. The number of carbonyl (C=O) groups excluding carboxylic acids is 1. The van der Waals surface area contributed by atoms with Crippen LogP contribution in [0.5, 0.6) is 0 Å². The lowest BCUT2D eigenvalue weighted by Gasteiger charge is -2.07. The van der Waals surface area contributed by atoms with Gasteiger partial charge >= 0.3 is 0 Å². The van der Waals surface area contributed by atoms with E-state index in [1.54, 1.807) is 12.1 Å². The molecule has 114 valence electrons. The maximum atomic E-state index is 11.8. The fraction of sp³-hybridized carbons (Fsp3) is 0.400. The summed E-state index contributed by atoms with van der Waals surface area (Å²) in [5, 5.41) is 11.3. The standard InChI is InChI=1S/C15H17F2NO3/c1-11-7-12(3-2-5-19)9-13(8-11)18-15(20)4-6-21-10-14(16)17/h7-9,14,19H,4-6,10H2,1H3,(H,18,20). The summed E-state index contributed by atoms with van der Waals surface area (Å²) >= 11 is 0. The number of rotatable bonds is 6. The van der Waals surface area contributed by atoms with Crippen LogP contribution in [0.15, 0.2) is 18.2 Å². The number of halogens is 2. The molecule has 0 heterocycles. The predicted molar refractivity (Wildman–Crippen MR) is 75.2 cm³/mol. The van der Waals surface area contributed by atoms with Crippen molar-refractivity contribution in [1.82, 2.24) is 0 Å². The Morgan fingerprint density at radius 3 is 2.86 bits per heavy atom. The van der Waals surface area contributed by atoms with Gasteiger partial charge in [0.05, 0.1) is 13.0 Å². The van der Waals surface area contributed by atoms with Crippen LogP contribution in [0.25, 0.3) is 0 Å². The molecule has 1 aromatic rings. The molecule has 0 fully saturated rings. The van der Waals surface area contributed by atoms with Crippen molar-refractivity contribution in [1.29, 1.82) is 0 Å². The Morgan fingerprint density at radius 1 is 1.43 bits per heavy atom. The van der Waals surface area contributed by atoms with Gasteiger partial charge in [0, 0.05) is 11.3 Å². The molecule has 0 bridgehead atoms. The molecule has 1 rings (SSSR count). The zero-order valence-electron chi connectivity index (χ0n) is 11.7. The molecule has 0 aliphatic rings. The number of nitrogens with one attached hydrogen (secondary N) is 1. The van der Waals surface area contributed by atoms with Gasteiger partial charge < -0.3 is 15.2 Å². The van der Waals surface area contributed by atoms with E-state index in [-0.39, 0.29) is 25.5 Å². The van der Waals surface area contributed by atoms with Gasteiger partial charge in [-0.25, -0.2) is 8.78 Å². The number of ether oxygens (including phenoxy) is 1. The van der Waals surface area contributed by atoms with Gasteiger partial charge in [-0.1, -0.05) is 11.8 Å². The molecule has 0 aliphatic heterocycles. The Kier molecular flexibility index (Phi) is 7.37. The highest BCUT2D eigenvalue weighted by molar-refractivity contribution is 5.91. The van der Waals surface area contributed by atoms with Gasteiger partial charge in [0.2, 0.25) is 5.91 Å². The number of benzene rings is 1. The van der Waals surface area contributed by atoms with E-state index >= 15 is 0 Å². The molecule has 2 N–H and O–H groups in total. The highest BCUT2D eigenvalue weighted by atomic mass is 19.3. The van der Waals surface area contributed by atoms with Crippen LogP contribution in [0, 0.1) is 18.8 Å². The van der Waals surface area contributed by atoms with Gasteiger partial charge in [-0.2, -0.15) is 0 Å². The minimum Gasteiger partial charge on any atom is -0.384 e. The summed E-state index contributed by atoms with van der Waals surface area (Å²) in [5.41, 5.74) is 2.15. The smallest absolute Gasteiger partial charge is 0.261 e. The quantitative estimate of drug-likeness (QED) is 0.623. The minimum absolute atomic E-state index is 0.00167. The molecule has 21 heavy (non-hydrogen) atoms. The number of anilines is 1. The molecule has 6 heteroatoms. The van der Waals surface area contributed by atoms with Crippen molar-refractivity contribution in [2.45, 2.75) is 19.8 Å². The third-order valence-electron chi connectivity index (χ3n) is 2.39. The summed E-state index contributed by atoms with van der Waals surface area (Å²) in [6.45, 7) is 0.889. The van der Waals surface area contributed by atoms with Gasteiger partial charge in [0.15, 0.2) is 0 Å². The number of alkyl halides is 2. The summed E-state index contributed by atoms with van der Waals surface area (Å²) in [5.74, 6) is 4.96. The first-order chi connectivity index (χ1) is 10.0. The average Bonchev–Trinajstić information content (AvgIpc) is 2.40. The summed E-state index contributed by atoms with van der Waals surface area (Å²) in [6.07, 6.45) is -2.53. The number of aliphatic hydroxyl groups excluding tert-OH is 1. The van der Waals surface area contributed by atoms with Crippen molar-refractivity contribution in [3.63, 3.8) is 0 Å². The number of hydrogen-bond donors (Lipinski definition) is 2. The molecular weight excluding hydrogens is 280 g/mol. The normalized spacial score (nSPS) is 10.1. The molecular formula is C15H17F2NO3. The number of amides is 1. The molecule has 0 aromatic heterocycles. The number of carbonyl (C=O) groups is 1. The van der Waals surface area contributed by atoms with E-state index < -0.39 is 13.0 Å². The lowest BCUT2D eigenvalue weighted by Crippen LogP contribution is -2.15. The largest absolute Gasteiger partial charge is 0.384 e. The van der Waals surface area contributed by atoms with Crippen LogP contribution in [0.1, 0.15) is 17.5 Å². The summed E-state index contributed by atoms with van der Waals surface area (Å²) in [4.78, 5) is 11.6. The molecule has 0 saturated carbocycles. The van der Waals surface area contributed by atoms with E-state index in [2.05, 4.69) is 21.9 Å². The second-order valence-corrected chi connectivity index (χ2v) is 4.31. The van der Waals surface area contributed by atoms with Gasteiger partial charge in [0.25, 0.3) is 6.43 Å². The van der Waals surface area contributed by atoms with Gasteiger partial charge in [-0.3, -0.25) is 4.79 Å². The zero-order valence-corrected chi connectivity index (χ0v) is 11.7. The second kappa shape index (κ2) is 9.06. The van der Waals surface area contributed by atoms with Gasteiger partial charge in [-0.15, -0.1) is 0 Å². The average molecular weight is 297 g/mol. The van der Waals surface area contributed by atoms with Gasteiger partial charge in [0.1, 0.15) is 13.2 Å². The van der Waals surface area contributed by atoms with E-state index in [0.717, 1.165) is 5.56 Å². The maximum Gasteiger partial charge on any atom is 0.261 e. The molecule has 0 spiro atoms. The lowest BCUT2D eigenvalue weighted by atomic mass is 10.1. The Labute approximate surface area is 122 Å². The van der Waals surface area contributed by atoms with Crippen LogP contribution >= 0.6 is 0 Å². The lowest BCUT2D eigenvalue weighted by molar-refractivity contribution is -0.117. The molecule has 4 nitrogen and oxygen atoms in total. The summed E-state index contributed by atoms with van der Waals surface area (Å²) in [6, 6.07) is 5.26. The van der Waals surface area contributed by atoms with Crippen molar-refractivity contribution in [3.05, 3.63) is 29.3 Å². The first kappa shape index (κ1) is 17.1. The number of aliphatic hydroxyl groups is 1. The van der Waals surface area contributed by atoms with E-state index in [0.29, 0.717) is 11.3 Å². The van der Waals surface area contributed by atoms with Crippen molar-refractivity contribution >= 4 is 11.6 Å². The van der Waals surface area contributed by atoms with Gasteiger partial charge in [-0.05, 0) is 30.7 Å². The van der Waals surface area contributed by atoms with Crippen LogP contribution in [-0.2, 0) is 9.53 Å². The van der Waals surface area contributed by atoms with E-state index in [1.807, 2.05) is 13.0 Å². The van der Waals surface area contributed by atoms with Crippen molar-refractivity contribution in [2.24, 2.45) is 0 Å². The monoisotopic (exact) mass is 297 g/mol. The van der Waals surface area contributed by atoms with E-state index in [9.17, 15) is 13.6 Å². The molecule has 1 amide bonds. The Hall–Kier alpha value is -1.97. The third kappa shape index (κ3) is 7.40. The summed E-state index contributed by atoms with van der Waals surface area (Å²) < 4.78 is 28.3. The fourth-order valence-corrected chi connectivity index (χ4v) is 1.63. The SMILES string of the molecule is Cc1cc(C#CCO)cc(NC(=O)CCOCC(F)F)c1. The van der Waals surface area contributed by atoms with Crippen molar-refractivity contribution in [3.8, 4) is 11.8 Å². The number of aryl methyl sites for hydroxylation is 1. The molecule has 1 aromatic carbocycles. The minimum atomic E-state index is -2.53. The summed E-state index contributed by atoms with van der Waals surface area (Å²) in [7, 11) is 0. The first-order valence-corrected chi connectivity index (χ1v) is 6.38. The number of hydrogen-bond acceptors (Lipinski definition) is 3. The Balaban J connectivity index is 2.53. The highest BCUT2D eigenvalue weighted by Crippen LogP contribution is 2.14. The van der Waals surface area contributed by atoms with Crippen molar-refractivity contribution in [2.75, 3.05) is 25.1 Å². The van der Waals surface area contributed by atoms with Crippen LogP contribution in [-0.4, -0.2) is 37.3 Å². The highest BCUT2D eigenvalue weighted by Gasteiger charge is 2.06. The molecule has 0 saturated heterocycles. The fourth-order valence-electron chi connectivity index (χ4n) is 1.63. The molecule has 0 aliphatic carbocycles. The van der Waals surface area contributed by atoms with Crippen LogP contribution in [0.2, 0.25) is 0 Å².